The van der Waals surface area contributed by atoms with Gasteiger partial charge in [0, 0.05) is 19.6 Å². The molecular weight excluding hydrogens is 367 g/mol. The van der Waals surface area contributed by atoms with Gasteiger partial charge in [0.25, 0.3) is 0 Å². The van der Waals surface area contributed by atoms with Gasteiger partial charge >= 0.3 is 0 Å². The Morgan fingerprint density at radius 3 is 2.38 bits per heavy atom. The van der Waals surface area contributed by atoms with Crippen molar-refractivity contribution in [3.63, 3.8) is 0 Å². The molecule has 1 amide bonds. The number of hydrogen-bond acceptors (Lipinski definition) is 3. The zero-order valence-electron chi connectivity index (χ0n) is 17.6. The molecule has 1 aliphatic rings. The number of hydrogen-bond donors (Lipinski definition) is 0. The summed E-state index contributed by atoms with van der Waals surface area (Å²) in [6, 6.07) is 14.2. The van der Waals surface area contributed by atoms with Gasteiger partial charge in [0.15, 0.2) is 0 Å². The Balaban J connectivity index is 1.68. The Morgan fingerprint density at radius 1 is 1.14 bits per heavy atom. The fraction of sp³-hybridized carbons (Fsp3) is 0.458. The molecule has 1 atom stereocenters. The second-order valence-corrected chi connectivity index (χ2v) is 8.31. The molecule has 4 nitrogen and oxygen atoms in total. The summed E-state index contributed by atoms with van der Waals surface area (Å²) in [7, 11) is 2.12. The molecule has 0 radical (unpaired) electrons. The first-order valence-corrected chi connectivity index (χ1v) is 10.4. The van der Waals surface area contributed by atoms with Crippen LogP contribution in [0.1, 0.15) is 31.4 Å². The van der Waals surface area contributed by atoms with Crippen molar-refractivity contribution in [2.24, 2.45) is 5.92 Å². The van der Waals surface area contributed by atoms with Crippen molar-refractivity contribution in [2.45, 2.75) is 39.3 Å². The molecule has 1 saturated heterocycles. The SMILES string of the molecule is CC(C)Oc1ccc(CC(=O)N(Cc2ccc(F)cc2)C[C@@H]2CCN(C)C2)cc1. The van der Waals surface area contributed by atoms with Gasteiger partial charge in [-0.3, -0.25) is 4.79 Å². The lowest BCUT2D eigenvalue weighted by Crippen LogP contribution is -2.36. The number of carbonyl (C=O) groups excluding carboxylic acids is 1. The number of rotatable bonds is 8. The molecule has 0 aromatic heterocycles. The predicted octanol–water partition coefficient (Wildman–Crippen LogP) is 4.14. The zero-order chi connectivity index (χ0) is 20.8. The third kappa shape index (κ3) is 6.57. The standard InChI is InChI=1S/C24H31FN2O2/c1-18(2)29-23-10-6-19(7-11-23)14-24(28)27(17-21-12-13-26(3)15-21)16-20-4-8-22(25)9-5-20/h4-11,18,21H,12-17H2,1-3H3/t21-/m1/s1. The first kappa shape index (κ1) is 21.3. The van der Waals surface area contributed by atoms with Gasteiger partial charge in [0.2, 0.25) is 5.91 Å². The van der Waals surface area contributed by atoms with Gasteiger partial charge in [0.05, 0.1) is 12.5 Å². The molecule has 1 fully saturated rings. The maximum absolute atomic E-state index is 13.3. The Labute approximate surface area is 173 Å². The number of carbonyl (C=O) groups is 1. The van der Waals surface area contributed by atoms with Crippen molar-refractivity contribution in [3.8, 4) is 5.75 Å². The van der Waals surface area contributed by atoms with E-state index < -0.39 is 0 Å². The van der Waals surface area contributed by atoms with Crippen LogP contribution in [0, 0.1) is 11.7 Å². The number of ether oxygens (including phenoxy) is 1. The molecule has 29 heavy (non-hydrogen) atoms. The Kier molecular flexibility index (Phi) is 7.26. The Morgan fingerprint density at radius 2 is 1.79 bits per heavy atom. The van der Waals surface area contributed by atoms with Crippen molar-refractivity contribution < 1.29 is 13.9 Å². The van der Waals surface area contributed by atoms with Gasteiger partial charge < -0.3 is 14.5 Å². The number of halogens is 1. The second-order valence-electron chi connectivity index (χ2n) is 8.31. The largest absolute Gasteiger partial charge is 0.491 e. The van der Waals surface area contributed by atoms with E-state index in [0.717, 1.165) is 42.9 Å². The first-order valence-electron chi connectivity index (χ1n) is 10.4. The maximum atomic E-state index is 13.3. The van der Waals surface area contributed by atoms with E-state index in [4.69, 9.17) is 4.74 Å². The van der Waals surface area contributed by atoms with Crippen LogP contribution in [0.2, 0.25) is 0 Å². The molecule has 0 saturated carbocycles. The van der Waals surface area contributed by atoms with Gasteiger partial charge in [-0.2, -0.15) is 0 Å². The average Bonchev–Trinajstić information content (AvgIpc) is 3.09. The fourth-order valence-electron chi connectivity index (χ4n) is 3.80. The van der Waals surface area contributed by atoms with E-state index in [1.165, 1.54) is 12.1 Å². The molecule has 5 heteroatoms. The molecule has 3 rings (SSSR count). The quantitative estimate of drug-likeness (QED) is 0.670. The molecule has 0 unspecified atom stereocenters. The minimum absolute atomic E-state index is 0.0985. The number of benzene rings is 2. The highest BCUT2D eigenvalue weighted by Gasteiger charge is 2.24. The van der Waals surface area contributed by atoms with Gasteiger partial charge in [-0.05, 0) is 75.2 Å². The molecule has 2 aromatic rings. The van der Waals surface area contributed by atoms with E-state index in [1.54, 1.807) is 12.1 Å². The van der Waals surface area contributed by atoms with E-state index in [0.29, 0.717) is 18.9 Å². The Bertz CT molecular complexity index is 790. The third-order valence-electron chi connectivity index (χ3n) is 5.26. The normalized spacial score (nSPS) is 16.9. The highest BCUT2D eigenvalue weighted by molar-refractivity contribution is 5.78. The summed E-state index contributed by atoms with van der Waals surface area (Å²) >= 11 is 0. The van der Waals surface area contributed by atoms with Crippen LogP contribution in [0.5, 0.6) is 5.75 Å². The average molecular weight is 399 g/mol. The lowest BCUT2D eigenvalue weighted by molar-refractivity contribution is -0.131. The number of amides is 1. The van der Waals surface area contributed by atoms with Crippen LogP contribution in [0.15, 0.2) is 48.5 Å². The molecule has 0 bridgehead atoms. The van der Waals surface area contributed by atoms with Crippen LogP contribution in [-0.4, -0.2) is 48.5 Å². The molecule has 156 valence electrons. The van der Waals surface area contributed by atoms with Crippen LogP contribution in [0.3, 0.4) is 0 Å². The maximum Gasteiger partial charge on any atom is 0.227 e. The molecule has 0 N–H and O–H groups in total. The van der Waals surface area contributed by atoms with Crippen molar-refractivity contribution in [3.05, 3.63) is 65.5 Å². The molecular formula is C24H31FN2O2. The van der Waals surface area contributed by atoms with Gasteiger partial charge in [-0.15, -0.1) is 0 Å². The first-order chi connectivity index (χ1) is 13.9. The van der Waals surface area contributed by atoms with E-state index >= 15 is 0 Å². The molecule has 1 heterocycles. The zero-order valence-corrected chi connectivity index (χ0v) is 17.6. The van der Waals surface area contributed by atoms with Crippen molar-refractivity contribution in [1.82, 2.24) is 9.80 Å². The summed E-state index contributed by atoms with van der Waals surface area (Å²) in [4.78, 5) is 17.4. The second kappa shape index (κ2) is 9.88. The topological polar surface area (TPSA) is 32.8 Å². The van der Waals surface area contributed by atoms with Crippen molar-refractivity contribution >= 4 is 5.91 Å². The van der Waals surface area contributed by atoms with Gasteiger partial charge in [0.1, 0.15) is 11.6 Å². The summed E-state index contributed by atoms with van der Waals surface area (Å²) < 4.78 is 18.9. The lowest BCUT2D eigenvalue weighted by Gasteiger charge is -2.26. The lowest BCUT2D eigenvalue weighted by atomic mass is 10.1. The fourth-order valence-corrected chi connectivity index (χ4v) is 3.80. The smallest absolute Gasteiger partial charge is 0.227 e. The van der Waals surface area contributed by atoms with Crippen molar-refractivity contribution in [2.75, 3.05) is 26.7 Å². The van der Waals surface area contributed by atoms with E-state index in [9.17, 15) is 9.18 Å². The highest BCUT2D eigenvalue weighted by atomic mass is 19.1. The van der Waals surface area contributed by atoms with Crippen molar-refractivity contribution in [1.29, 1.82) is 0 Å². The molecule has 0 spiro atoms. The monoisotopic (exact) mass is 398 g/mol. The minimum atomic E-state index is -0.257. The summed E-state index contributed by atoms with van der Waals surface area (Å²) in [6.45, 7) is 7.30. The molecule has 2 aromatic carbocycles. The minimum Gasteiger partial charge on any atom is -0.491 e. The van der Waals surface area contributed by atoms with E-state index in [1.807, 2.05) is 43.0 Å². The third-order valence-corrected chi connectivity index (χ3v) is 5.26. The summed E-state index contributed by atoms with van der Waals surface area (Å²) in [6.07, 6.45) is 1.58. The van der Waals surface area contributed by atoms with Crippen LogP contribution in [0.25, 0.3) is 0 Å². The highest BCUT2D eigenvalue weighted by Crippen LogP contribution is 2.19. The summed E-state index contributed by atoms with van der Waals surface area (Å²) in [5.41, 5.74) is 1.92. The van der Waals surface area contributed by atoms with E-state index in [-0.39, 0.29) is 17.8 Å². The Hall–Kier alpha value is -2.40. The summed E-state index contributed by atoms with van der Waals surface area (Å²) in [5, 5.41) is 0. The molecule has 1 aliphatic heterocycles. The van der Waals surface area contributed by atoms with Crippen LogP contribution >= 0.6 is 0 Å². The predicted molar refractivity (Wildman–Crippen MR) is 113 cm³/mol. The number of likely N-dealkylation sites (tertiary alicyclic amines) is 1. The van der Waals surface area contributed by atoms with Crippen LogP contribution in [0.4, 0.5) is 4.39 Å². The van der Waals surface area contributed by atoms with E-state index in [2.05, 4.69) is 11.9 Å². The van der Waals surface area contributed by atoms with Crippen LogP contribution < -0.4 is 4.74 Å². The summed E-state index contributed by atoms with van der Waals surface area (Å²) in [5.74, 6) is 1.13. The van der Waals surface area contributed by atoms with Gasteiger partial charge in [-0.1, -0.05) is 24.3 Å². The molecule has 0 aliphatic carbocycles. The van der Waals surface area contributed by atoms with Gasteiger partial charge in [-0.25, -0.2) is 4.39 Å². The number of nitrogens with zero attached hydrogens (tertiary/aromatic N) is 2. The van der Waals surface area contributed by atoms with Crippen LogP contribution in [-0.2, 0) is 17.8 Å².